The molecule has 0 spiro atoms. The number of esters is 1. The Kier molecular flexibility index (Phi) is 4.27. The number of carbonyl (C=O) groups excluding carboxylic acids is 1. The molecular weight excluding hydrogens is 246 g/mol. The Balaban J connectivity index is 2.66. The van der Waals surface area contributed by atoms with Crippen molar-refractivity contribution in [2.45, 2.75) is 19.4 Å². The second kappa shape index (κ2) is 5.48. The van der Waals surface area contributed by atoms with Crippen LogP contribution in [-0.2, 0) is 9.53 Å². The van der Waals surface area contributed by atoms with E-state index in [0.717, 1.165) is 11.3 Å². The van der Waals surface area contributed by atoms with Gasteiger partial charge in [-0.2, -0.15) is 0 Å². The van der Waals surface area contributed by atoms with Gasteiger partial charge in [-0.1, -0.05) is 11.3 Å². The molecule has 0 bridgehead atoms. The molecule has 3 N–H and O–H groups in total. The van der Waals surface area contributed by atoms with Crippen molar-refractivity contribution in [3.63, 3.8) is 0 Å². The van der Waals surface area contributed by atoms with E-state index in [9.17, 15) is 14.9 Å². The number of hydrogen-bond acceptors (Lipinski definition) is 7. The molecule has 1 aromatic heterocycles. The molecule has 1 atom stereocenters. The van der Waals surface area contributed by atoms with Crippen molar-refractivity contribution in [1.82, 2.24) is 0 Å². The molecule has 0 aliphatic heterocycles. The standard InChI is InChI=1S/C9H13N3O4S/c1-5(3-8(13)16-2)11-7-4-6(12(14)15)9(10)17-7/h4-5,11H,3,10H2,1-2H3. The molecule has 8 heteroatoms. The first-order chi connectivity index (χ1) is 7.93. The summed E-state index contributed by atoms with van der Waals surface area (Å²) >= 11 is 1.08. The minimum absolute atomic E-state index is 0.122. The molecule has 1 rings (SSSR count). The number of hydrogen-bond donors (Lipinski definition) is 2. The highest BCUT2D eigenvalue weighted by molar-refractivity contribution is 7.20. The summed E-state index contributed by atoms with van der Waals surface area (Å²) < 4.78 is 4.52. The molecule has 0 aliphatic rings. The second-order valence-electron chi connectivity index (χ2n) is 3.44. The van der Waals surface area contributed by atoms with E-state index in [0.29, 0.717) is 5.00 Å². The summed E-state index contributed by atoms with van der Waals surface area (Å²) in [5, 5.41) is 14.2. The second-order valence-corrected chi connectivity index (χ2v) is 4.53. The van der Waals surface area contributed by atoms with Crippen molar-refractivity contribution < 1.29 is 14.5 Å². The first kappa shape index (κ1) is 13.2. The van der Waals surface area contributed by atoms with E-state index in [1.807, 2.05) is 0 Å². The summed E-state index contributed by atoms with van der Waals surface area (Å²) in [6.45, 7) is 1.78. The minimum atomic E-state index is -0.540. The minimum Gasteiger partial charge on any atom is -0.469 e. The molecule has 0 amide bonds. The van der Waals surface area contributed by atoms with Crippen LogP contribution in [-0.4, -0.2) is 24.0 Å². The van der Waals surface area contributed by atoms with E-state index in [4.69, 9.17) is 5.73 Å². The summed E-state index contributed by atoms with van der Waals surface area (Å²) in [7, 11) is 1.31. The molecule has 17 heavy (non-hydrogen) atoms. The van der Waals surface area contributed by atoms with Crippen molar-refractivity contribution in [3.8, 4) is 0 Å². The number of rotatable bonds is 5. The Bertz CT molecular complexity index is 432. The Morgan fingerprint density at radius 2 is 2.41 bits per heavy atom. The number of nitrogen functional groups attached to an aromatic ring is 1. The SMILES string of the molecule is COC(=O)CC(C)Nc1cc([N+](=O)[O-])c(N)s1. The maximum atomic E-state index is 11.0. The van der Waals surface area contributed by atoms with Gasteiger partial charge in [-0.3, -0.25) is 14.9 Å². The fourth-order valence-corrected chi connectivity index (χ4v) is 2.14. The molecular formula is C9H13N3O4S. The molecule has 0 radical (unpaired) electrons. The fraction of sp³-hybridized carbons (Fsp3) is 0.444. The Hall–Kier alpha value is -1.83. The van der Waals surface area contributed by atoms with Crippen molar-refractivity contribution in [2.24, 2.45) is 0 Å². The van der Waals surface area contributed by atoms with Crippen molar-refractivity contribution in [3.05, 3.63) is 16.2 Å². The summed E-state index contributed by atoms with van der Waals surface area (Å²) in [4.78, 5) is 21.0. The largest absolute Gasteiger partial charge is 0.469 e. The van der Waals surface area contributed by atoms with E-state index >= 15 is 0 Å². The van der Waals surface area contributed by atoms with E-state index in [-0.39, 0.29) is 29.1 Å². The highest BCUT2D eigenvalue weighted by Gasteiger charge is 2.18. The quantitative estimate of drug-likeness (QED) is 0.472. The molecule has 1 aromatic rings. The van der Waals surface area contributed by atoms with Gasteiger partial charge in [0.05, 0.1) is 29.5 Å². The number of nitrogens with one attached hydrogen (secondary N) is 1. The zero-order valence-corrected chi connectivity index (χ0v) is 10.2. The lowest BCUT2D eigenvalue weighted by molar-refractivity contribution is -0.383. The number of ether oxygens (including phenoxy) is 1. The number of anilines is 2. The van der Waals surface area contributed by atoms with Gasteiger partial charge < -0.3 is 15.8 Å². The predicted molar refractivity (Wildman–Crippen MR) is 65.1 cm³/mol. The summed E-state index contributed by atoms with van der Waals surface area (Å²) in [5.74, 6) is -0.343. The highest BCUT2D eigenvalue weighted by Crippen LogP contribution is 2.35. The fourth-order valence-electron chi connectivity index (χ4n) is 1.24. The number of nitrogens with two attached hydrogens (primary N) is 1. The summed E-state index contributed by atoms with van der Waals surface area (Å²) in [6.07, 6.45) is 0.183. The average molecular weight is 259 g/mol. The van der Waals surface area contributed by atoms with Gasteiger partial charge in [0.15, 0.2) is 5.00 Å². The van der Waals surface area contributed by atoms with Gasteiger partial charge in [0.1, 0.15) is 0 Å². The molecule has 0 saturated carbocycles. The van der Waals surface area contributed by atoms with Gasteiger partial charge in [-0.05, 0) is 6.92 Å². The number of carbonyl (C=O) groups is 1. The number of nitro groups is 1. The average Bonchev–Trinajstić information content (AvgIpc) is 2.59. The molecule has 0 saturated heterocycles. The first-order valence-corrected chi connectivity index (χ1v) is 5.62. The van der Waals surface area contributed by atoms with Crippen LogP contribution < -0.4 is 11.1 Å². The van der Waals surface area contributed by atoms with Crippen LogP contribution in [0.5, 0.6) is 0 Å². The molecule has 1 heterocycles. The summed E-state index contributed by atoms with van der Waals surface area (Å²) in [6, 6.07) is 1.17. The van der Waals surface area contributed by atoms with Crippen molar-refractivity contribution >= 4 is 33.0 Å². The van der Waals surface area contributed by atoms with Gasteiger partial charge in [-0.25, -0.2) is 0 Å². The third-order valence-corrected chi connectivity index (χ3v) is 2.91. The van der Waals surface area contributed by atoms with E-state index < -0.39 is 4.92 Å². The maximum Gasteiger partial charge on any atom is 0.307 e. The van der Waals surface area contributed by atoms with Gasteiger partial charge in [0.25, 0.3) is 0 Å². The predicted octanol–water partition coefficient (Wildman–Crippen LogP) is 1.60. The zero-order valence-electron chi connectivity index (χ0n) is 9.43. The Morgan fingerprint density at radius 3 is 2.88 bits per heavy atom. The lowest BCUT2D eigenvalue weighted by atomic mass is 10.2. The third kappa shape index (κ3) is 3.59. The van der Waals surface area contributed by atoms with Gasteiger partial charge in [-0.15, -0.1) is 0 Å². The van der Waals surface area contributed by atoms with Crippen LogP contribution in [0.15, 0.2) is 6.07 Å². The number of nitrogens with zero attached hydrogens (tertiary/aromatic N) is 1. The van der Waals surface area contributed by atoms with Crippen LogP contribution in [0.2, 0.25) is 0 Å². The maximum absolute atomic E-state index is 11.0. The van der Waals surface area contributed by atoms with Crippen molar-refractivity contribution in [2.75, 3.05) is 18.2 Å². The van der Waals surface area contributed by atoms with E-state index in [1.54, 1.807) is 6.92 Å². The van der Waals surface area contributed by atoms with Crippen molar-refractivity contribution in [1.29, 1.82) is 0 Å². The monoisotopic (exact) mass is 259 g/mol. The molecule has 0 fully saturated rings. The van der Waals surface area contributed by atoms with Crippen LogP contribution >= 0.6 is 11.3 Å². The number of thiophene rings is 1. The molecule has 1 unspecified atom stereocenters. The number of methoxy groups -OCH3 is 1. The van der Waals surface area contributed by atoms with Crippen LogP contribution in [0.3, 0.4) is 0 Å². The van der Waals surface area contributed by atoms with Crippen LogP contribution in [0.4, 0.5) is 15.7 Å². The van der Waals surface area contributed by atoms with Crippen LogP contribution in [0.1, 0.15) is 13.3 Å². The Labute approximate surface area is 102 Å². The summed E-state index contributed by atoms with van der Waals surface area (Å²) in [5.41, 5.74) is 5.37. The van der Waals surface area contributed by atoms with Gasteiger partial charge in [0.2, 0.25) is 0 Å². The Morgan fingerprint density at radius 1 is 1.76 bits per heavy atom. The molecule has 7 nitrogen and oxygen atoms in total. The topological polar surface area (TPSA) is 107 Å². The normalized spacial score (nSPS) is 11.9. The van der Waals surface area contributed by atoms with Gasteiger partial charge in [0, 0.05) is 6.04 Å². The molecule has 94 valence electrons. The highest BCUT2D eigenvalue weighted by atomic mass is 32.1. The van der Waals surface area contributed by atoms with Crippen LogP contribution in [0, 0.1) is 10.1 Å². The molecule has 0 aliphatic carbocycles. The third-order valence-electron chi connectivity index (χ3n) is 2.03. The molecule has 0 aromatic carbocycles. The van der Waals surface area contributed by atoms with E-state index in [1.165, 1.54) is 13.2 Å². The lowest BCUT2D eigenvalue weighted by Gasteiger charge is -2.11. The first-order valence-electron chi connectivity index (χ1n) is 4.81. The smallest absolute Gasteiger partial charge is 0.307 e. The zero-order chi connectivity index (χ0) is 13.0. The van der Waals surface area contributed by atoms with Gasteiger partial charge >= 0.3 is 11.7 Å². The van der Waals surface area contributed by atoms with E-state index in [2.05, 4.69) is 10.1 Å². The lowest BCUT2D eigenvalue weighted by Crippen LogP contribution is -2.19. The van der Waals surface area contributed by atoms with Crippen LogP contribution in [0.25, 0.3) is 0 Å².